The van der Waals surface area contributed by atoms with Crippen LogP contribution >= 0.6 is 0 Å². The van der Waals surface area contributed by atoms with Gasteiger partial charge in [0.1, 0.15) is 11.9 Å². The van der Waals surface area contributed by atoms with Crippen molar-refractivity contribution in [3.05, 3.63) is 95.8 Å². The van der Waals surface area contributed by atoms with Gasteiger partial charge in [-0.1, -0.05) is 93.6 Å². The van der Waals surface area contributed by atoms with Gasteiger partial charge in [-0.15, -0.1) is 0 Å². The lowest BCUT2D eigenvalue weighted by atomic mass is 9.85. The smallest absolute Gasteiger partial charge is 0.304 e. The number of aliphatic carboxylic acids is 1. The Hall–Kier alpha value is -4.00. The molecule has 212 valence electrons. The number of carbonyl (C=O) groups is 3. The number of aryl methyl sites for hydroxylation is 1. The van der Waals surface area contributed by atoms with Crippen molar-refractivity contribution in [3.8, 4) is 11.1 Å². The Kier molecular flexibility index (Phi) is 10.6. The first kappa shape index (κ1) is 30.5. The summed E-state index contributed by atoms with van der Waals surface area (Å²) in [6.07, 6.45) is 0.871. The zero-order chi connectivity index (χ0) is 29.3. The van der Waals surface area contributed by atoms with E-state index in [9.17, 15) is 23.9 Å². The molecule has 0 aliphatic heterocycles. The predicted molar refractivity (Wildman–Crippen MR) is 155 cm³/mol. The van der Waals surface area contributed by atoms with Crippen molar-refractivity contribution in [2.75, 3.05) is 0 Å². The lowest BCUT2D eigenvalue weighted by molar-refractivity contribution is -0.142. The van der Waals surface area contributed by atoms with Crippen LogP contribution in [-0.4, -0.2) is 28.9 Å². The molecule has 3 atom stereocenters. The molecule has 3 aromatic carbocycles. The molecule has 0 radical (unpaired) electrons. The first-order chi connectivity index (χ1) is 19.0. The minimum Gasteiger partial charge on any atom is -0.481 e. The Balaban J connectivity index is 1.71. The van der Waals surface area contributed by atoms with Crippen LogP contribution in [0.2, 0.25) is 0 Å². The number of amides is 2. The summed E-state index contributed by atoms with van der Waals surface area (Å²) in [5, 5.41) is 15.3. The van der Waals surface area contributed by atoms with Crippen molar-refractivity contribution >= 4 is 17.8 Å². The van der Waals surface area contributed by atoms with Crippen LogP contribution in [-0.2, 0) is 20.8 Å². The summed E-state index contributed by atoms with van der Waals surface area (Å²) < 4.78 is 14.8. The van der Waals surface area contributed by atoms with Gasteiger partial charge in [-0.05, 0) is 54.4 Å². The normalized spacial score (nSPS) is 13.6. The van der Waals surface area contributed by atoms with Gasteiger partial charge < -0.3 is 15.7 Å². The van der Waals surface area contributed by atoms with Gasteiger partial charge in [-0.25, -0.2) is 4.39 Å². The Morgan fingerprint density at radius 1 is 0.850 bits per heavy atom. The fourth-order valence-electron chi connectivity index (χ4n) is 4.84. The van der Waals surface area contributed by atoms with E-state index in [1.165, 1.54) is 6.07 Å². The molecule has 0 aliphatic rings. The molecule has 3 unspecified atom stereocenters. The topological polar surface area (TPSA) is 95.5 Å². The fourth-order valence-corrected chi connectivity index (χ4v) is 4.84. The van der Waals surface area contributed by atoms with E-state index in [4.69, 9.17) is 0 Å². The molecule has 0 aliphatic carbocycles. The zero-order valence-electron chi connectivity index (χ0n) is 23.6. The molecule has 2 amide bonds. The van der Waals surface area contributed by atoms with Gasteiger partial charge in [0.25, 0.3) is 0 Å². The third-order valence-corrected chi connectivity index (χ3v) is 7.03. The molecular formula is C33H39FN2O4. The Morgan fingerprint density at radius 3 is 2.08 bits per heavy atom. The number of nitrogens with one attached hydrogen (secondary N) is 2. The van der Waals surface area contributed by atoms with Gasteiger partial charge >= 0.3 is 5.97 Å². The highest BCUT2D eigenvalue weighted by Crippen LogP contribution is 2.29. The molecule has 3 rings (SSSR count). The molecule has 3 N–H and O–H groups in total. The summed E-state index contributed by atoms with van der Waals surface area (Å²) in [4.78, 5) is 38.3. The summed E-state index contributed by atoms with van der Waals surface area (Å²) in [7, 11) is 0. The van der Waals surface area contributed by atoms with Crippen molar-refractivity contribution in [1.29, 1.82) is 0 Å². The standard InChI is InChI=1S/C33H39FN2O4/c1-22(23-13-7-5-8-14-23)35-32(40)30(33(2,3)4)36-31(39)26(21-28(37)38)19-11-17-25-18-12-20-27(34)29(25)24-15-9-6-10-16-24/h5-10,12-16,18,20,22,26,30H,11,17,19,21H2,1-4H3,(H,35,40)(H,36,39)(H,37,38). The number of rotatable bonds is 12. The van der Waals surface area contributed by atoms with Crippen molar-refractivity contribution in [2.24, 2.45) is 11.3 Å². The second-order valence-electron chi connectivity index (χ2n) is 11.3. The summed E-state index contributed by atoms with van der Waals surface area (Å²) in [6.45, 7) is 7.43. The Labute approximate surface area is 236 Å². The van der Waals surface area contributed by atoms with Gasteiger partial charge in [0.05, 0.1) is 12.5 Å². The predicted octanol–water partition coefficient (Wildman–Crippen LogP) is 6.31. The number of benzene rings is 3. The highest BCUT2D eigenvalue weighted by molar-refractivity contribution is 5.90. The first-order valence-corrected chi connectivity index (χ1v) is 13.7. The van der Waals surface area contributed by atoms with Crippen LogP contribution in [0.4, 0.5) is 4.39 Å². The van der Waals surface area contributed by atoms with E-state index < -0.39 is 29.3 Å². The molecule has 40 heavy (non-hydrogen) atoms. The number of carbonyl (C=O) groups excluding carboxylic acids is 2. The highest BCUT2D eigenvalue weighted by Gasteiger charge is 2.35. The van der Waals surface area contributed by atoms with Crippen molar-refractivity contribution < 1.29 is 23.9 Å². The first-order valence-electron chi connectivity index (χ1n) is 13.7. The number of hydrogen-bond donors (Lipinski definition) is 3. The molecule has 0 fully saturated rings. The van der Waals surface area contributed by atoms with Crippen LogP contribution in [0.25, 0.3) is 11.1 Å². The summed E-state index contributed by atoms with van der Waals surface area (Å²) >= 11 is 0. The average molecular weight is 547 g/mol. The highest BCUT2D eigenvalue weighted by atomic mass is 19.1. The molecule has 0 spiro atoms. The van der Waals surface area contributed by atoms with E-state index in [1.54, 1.807) is 6.07 Å². The second-order valence-corrected chi connectivity index (χ2v) is 11.3. The molecule has 0 heterocycles. The molecule has 6 nitrogen and oxygen atoms in total. The molecule has 0 saturated carbocycles. The Bertz CT molecular complexity index is 1290. The average Bonchev–Trinajstić information content (AvgIpc) is 2.91. The van der Waals surface area contributed by atoms with Crippen LogP contribution < -0.4 is 10.6 Å². The third-order valence-electron chi connectivity index (χ3n) is 7.03. The lowest BCUT2D eigenvalue weighted by Crippen LogP contribution is -2.55. The fraction of sp³-hybridized carbons (Fsp3) is 0.364. The van der Waals surface area contributed by atoms with E-state index in [0.29, 0.717) is 18.4 Å². The maximum absolute atomic E-state index is 14.8. The van der Waals surface area contributed by atoms with Crippen LogP contribution in [0, 0.1) is 17.2 Å². The molecule has 3 aromatic rings. The Morgan fingerprint density at radius 2 is 1.48 bits per heavy atom. The molecule has 0 bridgehead atoms. The van der Waals surface area contributed by atoms with E-state index in [2.05, 4.69) is 10.6 Å². The number of hydrogen-bond acceptors (Lipinski definition) is 3. The minimum absolute atomic E-state index is 0.268. The number of carboxylic acid groups (broad SMARTS) is 1. The monoisotopic (exact) mass is 546 g/mol. The SMILES string of the molecule is CC(NC(=O)C(NC(=O)C(CCCc1cccc(F)c1-c1ccccc1)CC(=O)O)C(C)(C)C)c1ccccc1. The second kappa shape index (κ2) is 13.9. The van der Waals surface area contributed by atoms with Gasteiger partial charge in [-0.3, -0.25) is 14.4 Å². The maximum atomic E-state index is 14.8. The quantitative estimate of drug-likeness (QED) is 0.248. The van der Waals surface area contributed by atoms with Crippen molar-refractivity contribution in [1.82, 2.24) is 10.6 Å². The molecular weight excluding hydrogens is 507 g/mol. The van der Waals surface area contributed by atoms with Crippen LogP contribution in [0.1, 0.15) is 64.1 Å². The van der Waals surface area contributed by atoms with Crippen molar-refractivity contribution in [2.45, 2.75) is 65.5 Å². The minimum atomic E-state index is -1.09. The van der Waals surface area contributed by atoms with E-state index in [1.807, 2.05) is 94.4 Å². The molecule has 0 aromatic heterocycles. The van der Waals surface area contributed by atoms with Gasteiger partial charge in [0, 0.05) is 11.5 Å². The molecule has 7 heteroatoms. The number of halogens is 1. The van der Waals surface area contributed by atoms with E-state index in [-0.39, 0.29) is 30.6 Å². The van der Waals surface area contributed by atoms with Gasteiger partial charge in [0.15, 0.2) is 0 Å². The summed E-state index contributed by atoms with van der Waals surface area (Å²) in [5.41, 5.74) is 2.39. The van der Waals surface area contributed by atoms with E-state index >= 15 is 0 Å². The lowest BCUT2D eigenvalue weighted by Gasteiger charge is -2.32. The van der Waals surface area contributed by atoms with Crippen LogP contribution in [0.3, 0.4) is 0 Å². The van der Waals surface area contributed by atoms with Crippen LogP contribution in [0.5, 0.6) is 0 Å². The number of carboxylic acids is 1. The van der Waals surface area contributed by atoms with Gasteiger partial charge in [-0.2, -0.15) is 0 Å². The zero-order valence-corrected chi connectivity index (χ0v) is 23.6. The maximum Gasteiger partial charge on any atom is 0.304 e. The third kappa shape index (κ3) is 8.50. The van der Waals surface area contributed by atoms with Gasteiger partial charge in [0.2, 0.25) is 11.8 Å². The van der Waals surface area contributed by atoms with E-state index in [0.717, 1.165) is 16.7 Å². The van der Waals surface area contributed by atoms with Crippen LogP contribution in [0.15, 0.2) is 78.9 Å². The summed E-state index contributed by atoms with van der Waals surface area (Å²) in [5.74, 6) is -3.07. The molecule has 0 saturated heterocycles. The van der Waals surface area contributed by atoms with Crippen molar-refractivity contribution in [3.63, 3.8) is 0 Å². The largest absolute Gasteiger partial charge is 0.481 e. The summed E-state index contributed by atoms with van der Waals surface area (Å²) in [6, 6.07) is 22.6.